The van der Waals surface area contributed by atoms with Gasteiger partial charge in [0.25, 0.3) is 23.6 Å². The number of carbonyl (C=O) groups excluding carboxylic acids is 4. The topological polar surface area (TPSA) is 81.2 Å². The quantitative estimate of drug-likeness (QED) is 0.482. The van der Waals surface area contributed by atoms with Crippen molar-refractivity contribution < 1.29 is 19.2 Å². The minimum absolute atomic E-state index is 0.0314. The van der Waals surface area contributed by atoms with E-state index in [1.54, 1.807) is 19.6 Å². The fourth-order valence-corrected chi connectivity index (χ4v) is 9.46. The van der Waals surface area contributed by atoms with Crippen molar-refractivity contribution in [1.29, 1.82) is 0 Å². The van der Waals surface area contributed by atoms with Crippen LogP contribution in [0.15, 0.2) is 45.1 Å². The highest BCUT2D eigenvalue weighted by Crippen LogP contribution is 2.51. The predicted octanol–water partition coefficient (Wildman–Crippen LogP) is 4.86. The van der Waals surface area contributed by atoms with Crippen LogP contribution in [0.3, 0.4) is 0 Å². The van der Waals surface area contributed by atoms with Gasteiger partial charge >= 0.3 is 0 Å². The molecule has 4 aliphatic heterocycles. The third-order valence-corrected chi connectivity index (χ3v) is 11.5. The lowest BCUT2D eigenvalue weighted by atomic mass is 9.77. The standard InChI is InChI=1S/C34H44N4O4/c1-35-27(19-11-7-5-8-12-19)23-25(33(35)41)29(37(3)31(23)39)21-15-17-22(18-16-21)30-26-24(32(40)38(30)4)28(36(2)34(26)42)20-13-9-6-10-14-20/h19-22H,5-18H2,1-4H3. The van der Waals surface area contributed by atoms with Crippen molar-refractivity contribution >= 4 is 23.6 Å². The molecule has 0 spiro atoms. The summed E-state index contributed by atoms with van der Waals surface area (Å²) in [7, 11) is 7.35. The summed E-state index contributed by atoms with van der Waals surface area (Å²) in [6, 6.07) is 0. The molecule has 3 aliphatic carbocycles. The average Bonchev–Trinajstić information content (AvgIpc) is 3.62. The number of likely N-dealkylation sites (N-methyl/N-ethyl adjacent to an activating group) is 4. The number of rotatable bonds is 4. The van der Waals surface area contributed by atoms with Gasteiger partial charge in [0.2, 0.25) is 0 Å². The molecule has 4 heterocycles. The molecule has 3 fully saturated rings. The van der Waals surface area contributed by atoms with Gasteiger partial charge in [-0.2, -0.15) is 0 Å². The maximum atomic E-state index is 13.6. The van der Waals surface area contributed by atoms with Gasteiger partial charge in [0.1, 0.15) is 0 Å². The first-order chi connectivity index (χ1) is 20.2. The van der Waals surface area contributed by atoms with Crippen LogP contribution < -0.4 is 0 Å². The summed E-state index contributed by atoms with van der Waals surface area (Å²) in [4.78, 5) is 61.6. The summed E-state index contributed by atoms with van der Waals surface area (Å²) in [6.45, 7) is 0. The second-order valence-electron chi connectivity index (χ2n) is 13.7. The molecule has 0 unspecified atom stereocenters. The van der Waals surface area contributed by atoms with Gasteiger partial charge in [-0.05, 0) is 51.4 Å². The minimum Gasteiger partial charge on any atom is -0.314 e. The summed E-state index contributed by atoms with van der Waals surface area (Å²) in [5, 5.41) is 0. The van der Waals surface area contributed by atoms with Crippen molar-refractivity contribution in [1.82, 2.24) is 19.6 Å². The minimum atomic E-state index is -0.0314. The molecule has 0 radical (unpaired) electrons. The first-order valence-corrected chi connectivity index (χ1v) is 16.3. The lowest BCUT2D eigenvalue weighted by Crippen LogP contribution is -2.34. The normalized spacial score (nSPS) is 29.9. The molecule has 8 heteroatoms. The molecule has 0 aromatic rings. The van der Waals surface area contributed by atoms with E-state index in [4.69, 9.17) is 0 Å². The van der Waals surface area contributed by atoms with E-state index >= 15 is 0 Å². The van der Waals surface area contributed by atoms with Gasteiger partial charge in [0, 0.05) is 74.7 Å². The maximum absolute atomic E-state index is 13.6. The van der Waals surface area contributed by atoms with Gasteiger partial charge in [0.05, 0.1) is 22.3 Å². The van der Waals surface area contributed by atoms with Gasteiger partial charge in [-0.1, -0.05) is 38.5 Å². The molecule has 0 aromatic carbocycles. The summed E-state index contributed by atoms with van der Waals surface area (Å²) in [5.74, 6) is 0.639. The Kier molecular flexibility index (Phi) is 6.74. The van der Waals surface area contributed by atoms with E-state index in [0.717, 1.165) is 99.8 Å². The molecule has 0 N–H and O–H groups in total. The molecule has 224 valence electrons. The number of carbonyl (C=O) groups is 4. The van der Waals surface area contributed by atoms with Crippen LogP contribution in [0.1, 0.15) is 89.9 Å². The maximum Gasteiger partial charge on any atom is 0.260 e. The number of fused-ring (bicyclic) bond motifs is 2. The highest BCUT2D eigenvalue weighted by molar-refractivity contribution is 6.20. The van der Waals surface area contributed by atoms with Gasteiger partial charge < -0.3 is 19.6 Å². The Balaban J connectivity index is 1.18. The molecule has 0 bridgehead atoms. The van der Waals surface area contributed by atoms with E-state index in [1.807, 2.05) is 28.2 Å². The van der Waals surface area contributed by atoms with Gasteiger partial charge in [0.15, 0.2) is 0 Å². The molecule has 0 saturated heterocycles. The zero-order chi connectivity index (χ0) is 29.4. The Hall–Kier alpha value is -3.16. The average molecular weight is 573 g/mol. The molecule has 3 saturated carbocycles. The predicted molar refractivity (Wildman–Crippen MR) is 158 cm³/mol. The first kappa shape index (κ1) is 27.7. The van der Waals surface area contributed by atoms with Crippen molar-refractivity contribution in [3.05, 3.63) is 45.1 Å². The van der Waals surface area contributed by atoms with Crippen molar-refractivity contribution in [2.45, 2.75) is 89.9 Å². The lowest BCUT2D eigenvalue weighted by Gasteiger charge is -2.35. The van der Waals surface area contributed by atoms with Crippen LogP contribution in [0, 0.1) is 23.7 Å². The third kappa shape index (κ3) is 3.85. The molecule has 0 atom stereocenters. The van der Waals surface area contributed by atoms with E-state index in [1.165, 1.54) is 12.8 Å². The van der Waals surface area contributed by atoms with Crippen molar-refractivity contribution in [3.8, 4) is 0 Å². The second-order valence-corrected chi connectivity index (χ2v) is 13.7. The Morgan fingerprint density at radius 3 is 0.810 bits per heavy atom. The second kappa shape index (κ2) is 10.2. The Morgan fingerprint density at radius 2 is 0.571 bits per heavy atom. The van der Waals surface area contributed by atoms with Gasteiger partial charge in [-0.25, -0.2) is 0 Å². The molecule has 7 rings (SSSR count). The summed E-state index contributed by atoms with van der Waals surface area (Å²) < 4.78 is 0. The highest BCUT2D eigenvalue weighted by Gasteiger charge is 2.52. The molecular weight excluding hydrogens is 528 g/mol. The monoisotopic (exact) mass is 572 g/mol. The first-order valence-electron chi connectivity index (χ1n) is 16.3. The van der Waals surface area contributed by atoms with Crippen molar-refractivity contribution in [3.63, 3.8) is 0 Å². The van der Waals surface area contributed by atoms with E-state index in [-0.39, 0.29) is 47.3 Å². The largest absolute Gasteiger partial charge is 0.314 e. The van der Waals surface area contributed by atoms with Crippen molar-refractivity contribution in [2.75, 3.05) is 28.2 Å². The highest BCUT2D eigenvalue weighted by atomic mass is 16.2. The molecule has 8 nitrogen and oxygen atoms in total. The summed E-state index contributed by atoms with van der Waals surface area (Å²) in [5.41, 5.74) is 6.27. The van der Waals surface area contributed by atoms with Crippen molar-refractivity contribution in [2.24, 2.45) is 23.7 Å². The van der Waals surface area contributed by atoms with E-state index in [2.05, 4.69) is 0 Å². The van der Waals surface area contributed by atoms with Crippen LogP contribution in [-0.2, 0) is 19.2 Å². The van der Waals surface area contributed by atoms with E-state index in [0.29, 0.717) is 22.3 Å². The fourth-order valence-electron chi connectivity index (χ4n) is 9.46. The fraction of sp³-hybridized carbons (Fsp3) is 0.647. The van der Waals surface area contributed by atoms with Crippen LogP contribution in [0.5, 0.6) is 0 Å². The zero-order valence-corrected chi connectivity index (χ0v) is 25.6. The molecule has 42 heavy (non-hydrogen) atoms. The van der Waals surface area contributed by atoms with E-state index < -0.39 is 0 Å². The third-order valence-electron chi connectivity index (χ3n) is 11.5. The smallest absolute Gasteiger partial charge is 0.260 e. The van der Waals surface area contributed by atoms with Gasteiger partial charge in [-0.15, -0.1) is 0 Å². The molecular formula is C34H44N4O4. The number of allylic oxidation sites excluding steroid dienone is 4. The molecule has 4 amide bonds. The Labute approximate surface area is 249 Å². The molecule has 7 aliphatic rings. The van der Waals surface area contributed by atoms with E-state index in [9.17, 15) is 19.2 Å². The zero-order valence-electron chi connectivity index (χ0n) is 25.6. The summed E-state index contributed by atoms with van der Waals surface area (Å²) in [6.07, 6.45) is 14.5. The van der Waals surface area contributed by atoms with Gasteiger partial charge in [-0.3, -0.25) is 19.2 Å². The van der Waals surface area contributed by atoms with Crippen LogP contribution in [-0.4, -0.2) is 71.4 Å². The van der Waals surface area contributed by atoms with Crippen LogP contribution in [0.4, 0.5) is 0 Å². The summed E-state index contributed by atoms with van der Waals surface area (Å²) >= 11 is 0. The lowest BCUT2D eigenvalue weighted by molar-refractivity contribution is -0.125. The number of nitrogens with zero attached hydrogens (tertiary/aromatic N) is 4. The number of hydrogen-bond donors (Lipinski definition) is 0. The van der Waals surface area contributed by atoms with Crippen LogP contribution in [0.25, 0.3) is 0 Å². The SMILES string of the molecule is CN1C(=O)C2=C(C3CCC(C4=C5C(=O)N(C)C(C6CCCCC6)=C5C(=O)N4C)CC3)N(C)C(=O)C2=C1C1CCCCC1. The number of hydrogen-bond acceptors (Lipinski definition) is 4. The van der Waals surface area contributed by atoms with Crippen LogP contribution in [0.2, 0.25) is 0 Å². The van der Waals surface area contributed by atoms with Crippen LogP contribution >= 0.6 is 0 Å². The Bertz CT molecular complexity index is 1290. The Morgan fingerprint density at radius 1 is 0.357 bits per heavy atom. The molecule has 0 aromatic heterocycles. The number of amides is 4.